The molecule has 0 saturated carbocycles. The van der Waals surface area contributed by atoms with Crippen LogP contribution >= 0.6 is 11.3 Å². The first-order chi connectivity index (χ1) is 14.0. The van der Waals surface area contributed by atoms with Gasteiger partial charge < -0.3 is 27.6 Å². The van der Waals surface area contributed by atoms with E-state index in [-0.39, 0.29) is 41.4 Å². The maximum Gasteiger partial charge on any atom is 0.341 e. The Balaban J connectivity index is 0.00000218. The van der Waals surface area contributed by atoms with E-state index in [2.05, 4.69) is 15.3 Å². The molecule has 3 aromatic rings. The van der Waals surface area contributed by atoms with E-state index in [9.17, 15) is 19.1 Å². The molecule has 0 aromatic carbocycles. The molecule has 9 nitrogen and oxygen atoms in total. The normalized spacial score (nSPS) is 23.2. The number of nitrogens with zero attached hydrogens (tertiary/aromatic N) is 3. The monoisotopic (exact) mass is 453 g/mol. The van der Waals surface area contributed by atoms with E-state index in [1.807, 2.05) is 0 Å². The van der Waals surface area contributed by atoms with Crippen molar-refractivity contribution in [3.8, 4) is 5.13 Å². The summed E-state index contributed by atoms with van der Waals surface area (Å²) < 4.78 is 22.2. The number of fused-ring (bicyclic) bond motifs is 2. The Bertz CT molecular complexity index is 1160. The lowest BCUT2D eigenvalue weighted by molar-refractivity contribution is -0.824. The molecule has 3 atom stereocenters. The molecule has 2 fully saturated rings. The van der Waals surface area contributed by atoms with Gasteiger partial charge in [-0.15, -0.1) is 11.3 Å². The van der Waals surface area contributed by atoms with Gasteiger partial charge in [-0.3, -0.25) is 14.3 Å². The van der Waals surface area contributed by atoms with Gasteiger partial charge in [0.2, 0.25) is 11.2 Å². The van der Waals surface area contributed by atoms with Gasteiger partial charge in [0.25, 0.3) is 5.82 Å². The predicted octanol–water partition coefficient (Wildman–Crippen LogP) is -3.43. The van der Waals surface area contributed by atoms with Crippen molar-refractivity contribution in [3.05, 3.63) is 45.4 Å². The fourth-order valence-corrected chi connectivity index (χ4v) is 4.61. The molecule has 12 heteroatoms. The Kier molecular flexibility index (Phi) is 5.55. The van der Waals surface area contributed by atoms with Gasteiger partial charge in [-0.2, -0.15) is 9.37 Å². The number of morpholine rings is 1. The summed E-state index contributed by atoms with van der Waals surface area (Å²) in [5.74, 6) is -1.84. The average molecular weight is 454 g/mol. The number of quaternary nitrogens is 1. The van der Waals surface area contributed by atoms with E-state index < -0.39 is 22.8 Å². The summed E-state index contributed by atoms with van der Waals surface area (Å²) in [4.78, 5) is 33.6. The number of rotatable bonds is 3. The zero-order valence-electron chi connectivity index (χ0n) is 15.5. The van der Waals surface area contributed by atoms with Crippen molar-refractivity contribution >= 4 is 34.2 Å². The van der Waals surface area contributed by atoms with Crippen molar-refractivity contribution in [1.82, 2.24) is 19.9 Å². The highest BCUT2D eigenvalue weighted by Gasteiger charge is 2.41. The second kappa shape index (κ2) is 8.00. The lowest BCUT2D eigenvalue weighted by Gasteiger charge is -2.23. The highest BCUT2D eigenvalue weighted by atomic mass is 35.5. The molecular formula is C18H17ClFN5O4S. The number of aromatic nitrogens is 3. The van der Waals surface area contributed by atoms with Gasteiger partial charge in [0.1, 0.15) is 24.8 Å². The summed E-state index contributed by atoms with van der Waals surface area (Å²) in [5.41, 5.74) is -1.05. The smallest absolute Gasteiger partial charge is 0.341 e. The van der Waals surface area contributed by atoms with Crippen LogP contribution in [0, 0.1) is 5.82 Å². The number of carbonyl (C=O) groups is 1. The Labute approximate surface area is 179 Å². The highest BCUT2D eigenvalue weighted by molar-refractivity contribution is 7.12. The lowest BCUT2D eigenvalue weighted by Crippen LogP contribution is -3.06. The molecule has 0 amide bonds. The maximum absolute atomic E-state index is 15.0. The van der Waals surface area contributed by atoms with Gasteiger partial charge in [-0.25, -0.2) is 9.78 Å². The van der Waals surface area contributed by atoms with Crippen molar-refractivity contribution < 1.29 is 36.3 Å². The quantitative estimate of drug-likeness (QED) is 0.378. The molecule has 158 valence electrons. The van der Waals surface area contributed by atoms with Crippen molar-refractivity contribution in [3.63, 3.8) is 0 Å². The van der Waals surface area contributed by atoms with E-state index in [0.29, 0.717) is 24.8 Å². The topological polar surface area (TPSA) is 111 Å². The number of carboxylic acids is 1. The number of halogens is 2. The Morgan fingerprint density at radius 3 is 2.97 bits per heavy atom. The van der Waals surface area contributed by atoms with Crippen molar-refractivity contribution in [2.45, 2.75) is 12.1 Å². The van der Waals surface area contributed by atoms with E-state index >= 15 is 0 Å². The molecule has 2 aliphatic rings. The van der Waals surface area contributed by atoms with Gasteiger partial charge in [0.15, 0.2) is 10.8 Å². The third-order valence-electron chi connectivity index (χ3n) is 5.33. The molecule has 0 aliphatic carbocycles. The Morgan fingerprint density at radius 1 is 1.43 bits per heavy atom. The summed E-state index contributed by atoms with van der Waals surface area (Å²) in [7, 11) is 0. The molecule has 5 rings (SSSR count). The molecule has 0 radical (unpaired) electrons. The minimum absolute atomic E-state index is 0. The molecule has 3 N–H and O–H groups in total. The molecule has 30 heavy (non-hydrogen) atoms. The summed E-state index contributed by atoms with van der Waals surface area (Å²) in [6.07, 6.45) is 2.74. The van der Waals surface area contributed by atoms with Crippen LogP contribution in [0.2, 0.25) is 0 Å². The number of pyridine rings is 2. The number of hydrogen-bond donors (Lipinski definition) is 3. The zero-order valence-corrected chi connectivity index (χ0v) is 17.0. The van der Waals surface area contributed by atoms with Crippen LogP contribution in [0.25, 0.3) is 16.2 Å². The standard InChI is InChI=1S/C18H16FN5O4S.ClH/c19-11-5-9-14(25)10(17(26)27)6-24(18-21-2-4-29-18)15(9)22-16(11)23-7-12-13(8-23)28-3-1-20-12;/h2,4-6,12-13,20H,1,3,7-8H2,(H,26,27);1H/t12-,13-;/m0./s1. The minimum atomic E-state index is -1.39. The third kappa shape index (κ3) is 3.38. The lowest BCUT2D eigenvalue weighted by atomic mass is 10.2. The predicted molar refractivity (Wildman–Crippen MR) is 102 cm³/mol. The number of thiazole rings is 1. The summed E-state index contributed by atoms with van der Waals surface area (Å²) in [5, 5.41) is 14.8. The molecule has 2 saturated heterocycles. The average Bonchev–Trinajstić information content (AvgIpc) is 3.37. The first kappa shape index (κ1) is 20.8. The number of aromatic carboxylic acids is 1. The van der Waals surface area contributed by atoms with Gasteiger partial charge in [0.05, 0.1) is 18.0 Å². The SMILES string of the molecule is O=C(O)c1cn(-c2nccs2)c2nc([NH+]3C[C@@H]4NCCO[C@H]4C3)c(F)cc2c1=O.[Cl-]. The van der Waals surface area contributed by atoms with Crippen LogP contribution in [-0.4, -0.2) is 64.0 Å². The Morgan fingerprint density at radius 2 is 2.27 bits per heavy atom. The van der Waals surface area contributed by atoms with Crippen LogP contribution in [0.3, 0.4) is 0 Å². The van der Waals surface area contributed by atoms with E-state index in [4.69, 9.17) is 4.74 Å². The van der Waals surface area contributed by atoms with Crippen LogP contribution in [0.4, 0.5) is 10.2 Å². The van der Waals surface area contributed by atoms with Crippen LogP contribution in [-0.2, 0) is 4.74 Å². The second-order valence-electron chi connectivity index (χ2n) is 7.03. The molecular weight excluding hydrogens is 437 g/mol. The van der Waals surface area contributed by atoms with Gasteiger partial charge >= 0.3 is 5.97 Å². The van der Waals surface area contributed by atoms with E-state index in [1.165, 1.54) is 22.1 Å². The third-order valence-corrected chi connectivity index (χ3v) is 6.10. The molecule has 2 aliphatic heterocycles. The maximum atomic E-state index is 15.0. The summed E-state index contributed by atoms with van der Waals surface area (Å²) in [6.45, 7) is 2.53. The van der Waals surface area contributed by atoms with Gasteiger partial charge in [-0.05, 0) is 6.07 Å². The van der Waals surface area contributed by atoms with Crippen molar-refractivity contribution in [2.75, 3.05) is 26.2 Å². The van der Waals surface area contributed by atoms with Crippen LogP contribution < -0.4 is 28.1 Å². The summed E-state index contributed by atoms with van der Waals surface area (Å²) >= 11 is 1.26. The van der Waals surface area contributed by atoms with Crippen LogP contribution in [0.15, 0.2) is 28.6 Å². The fourth-order valence-electron chi connectivity index (χ4n) is 4.00. The number of hydrogen-bond acceptors (Lipinski definition) is 7. The molecule has 1 unspecified atom stereocenters. The van der Waals surface area contributed by atoms with Gasteiger partial charge in [-0.1, -0.05) is 0 Å². The van der Waals surface area contributed by atoms with Crippen LogP contribution in [0.1, 0.15) is 10.4 Å². The van der Waals surface area contributed by atoms with E-state index in [1.54, 1.807) is 11.6 Å². The second-order valence-corrected chi connectivity index (χ2v) is 7.91. The molecule has 5 heterocycles. The summed E-state index contributed by atoms with van der Waals surface area (Å²) in [6, 6.07) is 1.20. The molecule has 0 bridgehead atoms. The first-order valence-electron chi connectivity index (χ1n) is 9.12. The number of ether oxygens (including phenoxy) is 1. The van der Waals surface area contributed by atoms with Crippen molar-refractivity contribution in [2.24, 2.45) is 0 Å². The Hall–Kier alpha value is -2.44. The minimum Gasteiger partial charge on any atom is -1.00 e. The largest absolute Gasteiger partial charge is 1.00 e. The van der Waals surface area contributed by atoms with E-state index in [0.717, 1.165) is 17.5 Å². The molecule has 3 aromatic heterocycles. The zero-order chi connectivity index (χ0) is 20.1. The van der Waals surface area contributed by atoms with Crippen molar-refractivity contribution in [1.29, 1.82) is 0 Å². The fraction of sp³-hybridized carbons (Fsp3) is 0.333. The number of carboxylic acid groups (broad SMARTS) is 1. The first-order valence-corrected chi connectivity index (χ1v) is 10.00. The van der Waals surface area contributed by atoms with Crippen LogP contribution in [0.5, 0.6) is 0 Å². The van der Waals surface area contributed by atoms with Gasteiger partial charge in [0, 0.05) is 24.3 Å². The highest BCUT2D eigenvalue weighted by Crippen LogP contribution is 2.21. The number of nitrogens with one attached hydrogen (secondary N) is 2. The molecule has 0 spiro atoms.